The zero-order valence-corrected chi connectivity index (χ0v) is 39.3. The van der Waals surface area contributed by atoms with Gasteiger partial charge in [-0.15, -0.1) is 0 Å². The fraction of sp³-hybridized carbons (Fsp3) is 0.340. The van der Waals surface area contributed by atoms with Crippen molar-refractivity contribution in [1.29, 1.82) is 0 Å². The third kappa shape index (κ3) is 10.5. The first-order valence-electron chi connectivity index (χ1n) is 22.8. The molecule has 0 unspecified atom stereocenters. The fourth-order valence-electron chi connectivity index (χ4n) is 8.91. The van der Waals surface area contributed by atoms with E-state index in [1.54, 1.807) is 31.0 Å². The van der Waals surface area contributed by atoms with Crippen LogP contribution in [0.15, 0.2) is 101 Å². The molecule has 15 heteroatoms. The van der Waals surface area contributed by atoms with Gasteiger partial charge in [-0.1, -0.05) is 48.5 Å². The number of ether oxygens (including phenoxy) is 7. The van der Waals surface area contributed by atoms with Crippen LogP contribution < -0.4 is 24.0 Å². The van der Waals surface area contributed by atoms with Crippen molar-refractivity contribution in [3.8, 4) is 17.2 Å². The van der Waals surface area contributed by atoms with E-state index in [1.165, 1.54) is 7.11 Å². The molecule has 9 rings (SSSR count). The van der Waals surface area contributed by atoms with Crippen LogP contribution in [0.5, 0.6) is 17.2 Å². The van der Waals surface area contributed by atoms with Gasteiger partial charge < -0.3 is 33.2 Å². The maximum atomic E-state index is 14.0. The molecule has 0 aliphatic carbocycles. The van der Waals surface area contributed by atoms with Gasteiger partial charge in [0.2, 0.25) is 0 Å². The second kappa shape index (κ2) is 21.6. The average molecular weight is 939 g/mol. The van der Waals surface area contributed by atoms with E-state index in [4.69, 9.17) is 38.4 Å². The molecule has 0 saturated carbocycles. The molecular formula is C53H54N4O10S. The van der Waals surface area contributed by atoms with Gasteiger partial charge in [0, 0.05) is 60.3 Å². The highest BCUT2D eigenvalue weighted by atomic mass is 32.2. The summed E-state index contributed by atoms with van der Waals surface area (Å²) in [5.41, 5.74) is 10.00. The topological polar surface area (TPSA) is 147 Å². The molecule has 0 N–H and O–H groups in total. The first kappa shape index (κ1) is 46.6. The van der Waals surface area contributed by atoms with Gasteiger partial charge in [-0.2, -0.15) is 11.8 Å². The molecular weight excluding hydrogens is 885 g/mol. The Kier molecular flexibility index (Phi) is 14.8. The number of para-hydroxylation sites is 2. The normalized spacial score (nSPS) is 16.3. The van der Waals surface area contributed by atoms with Gasteiger partial charge in [-0.25, -0.2) is 0 Å². The van der Waals surface area contributed by atoms with E-state index in [0.717, 1.165) is 62.7 Å². The quantitative estimate of drug-likeness (QED) is 0.0515. The Morgan fingerprint density at radius 3 is 1.76 bits per heavy atom. The molecule has 5 aromatic rings. The minimum atomic E-state index is -0.301. The predicted molar refractivity (Wildman–Crippen MR) is 262 cm³/mol. The number of thioether (sulfide) groups is 1. The van der Waals surface area contributed by atoms with Crippen LogP contribution in [0.25, 0.3) is 0 Å². The lowest BCUT2D eigenvalue weighted by Crippen LogP contribution is -2.37. The lowest BCUT2D eigenvalue weighted by molar-refractivity contribution is -0.141. The van der Waals surface area contributed by atoms with Crippen molar-refractivity contribution in [2.24, 2.45) is 9.98 Å². The van der Waals surface area contributed by atoms with Crippen molar-refractivity contribution < 1.29 is 47.5 Å². The van der Waals surface area contributed by atoms with Crippen LogP contribution in [0.2, 0.25) is 0 Å². The van der Waals surface area contributed by atoms with E-state index in [0.29, 0.717) is 85.8 Å². The van der Waals surface area contributed by atoms with Gasteiger partial charge >= 0.3 is 5.97 Å². The van der Waals surface area contributed by atoms with E-state index in [-0.39, 0.29) is 49.5 Å². The van der Waals surface area contributed by atoms with Gasteiger partial charge in [-0.3, -0.25) is 34.2 Å². The van der Waals surface area contributed by atoms with Crippen molar-refractivity contribution in [3.05, 3.63) is 136 Å². The molecule has 4 aliphatic heterocycles. The number of carbonyl (C=O) groups excluding carboxylic acids is 3. The molecule has 0 spiro atoms. The largest absolute Gasteiger partial charge is 0.493 e. The number of methoxy groups -OCH3 is 2. The number of fused-ring (bicyclic) bond motifs is 8. The maximum Gasteiger partial charge on any atom is 0.307 e. The summed E-state index contributed by atoms with van der Waals surface area (Å²) in [5, 5.41) is 0. The Morgan fingerprint density at radius 2 is 1.16 bits per heavy atom. The van der Waals surface area contributed by atoms with Gasteiger partial charge in [0.25, 0.3) is 11.8 Å². The Balaban J connectivity index is 0.865. The van der Waals surface area contributed by atoms with E-state index >= 15 is 0 Å². The number of hydrogen-bond donors (Lipinski definition) is 0. The summed E-state index contributed by atoms with van der Waals surface area (Å²) >= 11 is 1.75. The van der Waals surface area contributed by atoms with Crippen LogP contribution in [0, 0.1) is 6.92 Å². The molecule has 5 aromatic carbocycles. The standard InChI is InChI=1S/C53H54N4O10S/c1-34-20-42-44(54-29-40-24-38-8-4-6-10-46(38)56(40)52(42)59)27-48(34)66-31-35-21-36(23-37(22-35)33-68-19-18-65-17-16-64-15-14-63-13-12-51(58)62-3)32-67-50-28-45-43(26-49(50)61-2)53(60)57-41(30-55-45)25-39-9-5-7-11-47(39)57/h4-11,20-23,26-30,40-41H,12-19,24-25,31-33H2,1-3H3/t40-,41-/m0/s1. The number of amides is 2. The molecule has 4 heterocycles. The van der Waals surface area contributed by atoms with Crippen molar-refractivity contribution in [2.75, 3.05) is 69.4 Å². The Bertz CT molecular complexity index is 2740. The van der Waals surface area contributed by atoms with Gasteiger partial charge in [-0.05, 0) is 70.6 Å². The number of anilines is 2. The monoisotopic (exact) mass is 938 g/mol. The third-order valence-corrected chi connectivity index (χ3v) is 13.2. The maximum absolute atomic E-state index is 14.0. The van der Waals surface area contributed by atoms with E-state index in [2.05, 4.69) is 35.1 Å². The third-order valence-electron chi connectivity index (χ3n) is 12.2. The minimum Gasteiger partial charge on any atom is -0.493 e. The zero-order chi connectivity index (χ0) is 47.0. The van der Waals surface area contributed by atoms with Gasteiger partial charge in [0.1, 0.15) is 19.0 Å². The van der Waals surface area contributed by atoms with E-state index in [9.17, 15) is 14.4 Å². The Morgan fingerprint density at radius 1 is 0.632 bits per heavy atom. The number of aryl methyl sites for hydroxylation is 1. The molecule has 0 saturated heterocycles. The molecule has 4 aliphatic rings. The minimum absolute atomic E-state index is 0.0677. The number of rotatable bonds is 21. The summed E-state index contributed by atoms with van der Waals surface area (Å²) in [6.45, 7) is 5.02. The molecule has 0 bridgehead atoms. The lowest BCUT2D eigenvalue weighted by atomic mass is 10.1. The number of nitrogens with zero attached hydrogens (tertiary/aromatic N) is 4. The molecule has 2 atom stereocenters. The van der Waals surface area contributed by atoms with Crippen molar-refractivity contribution in [3.63, 3.8) is 0 Å². The Hall–Kier alpha value is -6.52. The van der Waals surface area contributed by atoms with Crippen LogP contribution in [0.3, 0.4) is 0 Å². The number of benzene rings is 5. The number of carbonyl (C=O) groups is 3. The van der Waals surface area contributed by atoms with E-state index in [1.807, 2.05) is 77.7 Å². The second-order valence-electron chi connectivity index (χ2n) is 16.8. The zero-order valence-electron chi connectivity index (χ0n) is 38.4. The molecule has 2 amide bonds. The van der Waals surface area contributed by atoms with Crippen LogP contribution in [-0.4, -0.2) is 102 Å². The lowest BCUT2D eigenvalue weighted by Gasteiger charge is -2.22. The highest BCUT2D eigenvalue weighted by molar-refractivity contribution is 7.98. The molecule has 0 aromatic heterocycles. The van der Waals surface area contributed by atoms with Crippen LogP contribution in [0.1, 0.15) is 60.5 Å². The fourth-order valence-corrected chi connectivity index (χ4v) is 9.69. The Labute approximate surface area is 400 Å². The highest BCUT2D eigenvalue weighted by Gasteiger charge is 2.38. The first-order valence-corrected chi connectivity index (χ1v) is 24.0. The molecule has 14 nitrogen and oxygen atoms in total. The van der Waals surface area contributed by atoms with Gasteiger partial charge in [0.15, 0.2) is 11.5 Å². The second-order valence-corrected chi connectivity index (χ2v) is 17.9. The summed E-state index contributed by atoms with van der Waals surface area (Å²) in [6.07, 6.45) is 5.37. The SMILES string of the molecule is COC(=O)CCOCCOCCOCCSCc1cc(COc2cc3c(cc2C)C(=O)N2c4ccccc4C[C@H]2C=N3)cc(COc2cc3c(cc2OC)C(=O)N2c4ccccc4C[C@H]2C=N3)c1. The summed E-state index contributed by atoms with van der Waals surface area (Å²) < 4.78 is 40.2. The number of hydrogen-bond acceptors (Lipinski definition) is 13. The van der Waals surface area contributed by atoms with Crippen molar-refractivity contribution in [1.82, 2.24) is 0 Å². The predicted octanol–water partition coefficient (Wildman–Crippen LogP) is 8.58. The number of esters is 1. The number of aliphatic imine (C=N–C) groups is 2. The van der Waals surface area contributed by atoms with Crippen LogP contribution in [-0.2, 0) is 55.6 Å². The summed E-state index contributed by atoms with van der Waals surface area (Å²) in [5.74, 6) is 2.56. The summed E-state index contributed by atoms with van der Waals surface area (Å²) in [4.78, 5) is 52.4. The smallest absolute Gasteiger partial charge is 0.307 e. The summed E-state index contributed by atoms with van der Waals surface area (Å²) in [7, 11) is 2.92. The van der Waals surface area contributed by atoms with Crippen molar-refractivity contribution in [2.45, 2.75) is 57.2 Å². The molecule has 0 fully saturated rings. The summed E-state index contributed by atoms with van der Waals surface area (Å²) in [6, 6.07) is 29.3. The highest BCUT2D eigenvalue weighted by Crippen LogP contribution is 2.42. The van der Waals surface area contributed by atoms with Gasteiger partial charge in [0.05, 0.1) is 94.9 Å². The molecule has 0 radical (unpaired) electrons. The first-order chi connectivity index (χ1) is 33.3. The molecule has 352 valence electrons. The van der Waals surface area contributed by atoms with Crippen molar-refractivity contribution >= 4 is 64.7 Å². The average Bonchev–Trinajstić information content (AvgIpc) is 3.85. The van der Waals surface area contributed by atoms with Crippen LogP contribution >= 0.6 is 11.8 Å². The van der Waals surface area contributed by atoms with E-state index < -0.39 is 0 Å². The molecule has 68 heavy (non-hydrogen) atoms. The van der Waals surface area contributed by atoms with Crippen LogP contribution in [0.4, 0.5) is 22.7 Å².